The molecule has 0 bridgehead atoms. The first-order chi connectivity index (χ1) is 10.6. The average Bonchev–Trinajstić information content (AvgIpc) is 2.67. The largest absolute Gasteiger partial charge is 0.492 e. The van der Waals surface area contributed by atoms with Crippen molar-refractivity contribution in [1.29, 1.82) is 0 Å². The number of hydrogen-bond acceptors (Lipinski definition) is 4. The topological polar surface area (TPSA) is 50.8 Å². The second-order valence-electron chi connectivity index (χ2n) is 5.51. The molecule has 0 unspecified atom stereocenters. The van der Waals surface area contributed by atoms with E-state index in [1.807, 2.05) is 36.4 Å². The van der Waals surface area contributed by atoms with Gasteiger partial charge in [-0.05, 0) is 25.2 Å². The van der Waals surface area contributed by atoms with Gasteiger partial charge in [-0.3, -0.25) is 4.90 Å². The number of rotatable bonds is 2. The molecule has 1 heterocycles. The molecule has 1 aromatic carbocycles. The van der Waals surface area contributed by atoms with Crippen molar-refractivity contribution < 1.29 is 4.74 Å². The highest BCUT2D eigenvalue weighted by atomic mass is 32.1. The predicted molar refractivity (Wildman–Crippen MR) is 94.0 cm³/mol. The smallest absolute Gasteiger partial charge is 0.132 e. The molecule has 0 saturated heterocycles. The number of benzene rings is 1. The molecule has 0 fully saturated rings. The van der Waals surface area contributed by atoms with Gasteiger partial charge in [0.05, 0.1) is 5.69 Å². The van der Waals surface area contributed by atoms with E-state index in [4.69, 9.17) is 22.7 Å². The zero-order chi connectivity index (χ0) is 15.5. The number of aliphatic imine (C=N–C) groups is 1. The summed E-state index contributed by atoms with van der Waals surface area (Å²) in [5.41, 5.74) is 8.93. The quantitative estimate of drug-likeness (QED) is 0.518. The second kappa shape index (κ2) is 6.42. The number of allylic oxidation sites excluding steroid dienone is 3. The molecule has 0 atom stereocenters. The van der Waals surface area contributed by atoms with Crippen LogP contribution in [0.4, 0.5) is 5.69 Å². The first kappa shape index (κ1) is 14.9. The van der Waals surface area contributed by atoms with Crippen LogP contribution in [-0.2, 0) is 6.54 Å². The summed E-state index contributed by atoms with van der Waals surface area (Å²) >= 11 is 5.34. The van der Waals surface area contributed by atoms with Crippen LogP contribution in [0.15, 0.2) is 47.0 Å². The fourth-order valence-electron chi connectivity index (χ4n) is 2.55. The highest BCUT2D eigenvalue weighted by molar-refractivity contribution is 7.81. The maximum absolute atomic E-state index is 6.12. The predicted octanol–water partition coefficient (Wildman–Crippen LogP) is 2.76. The lowest BCUT2D eigenvalue weighted by molar-refractivity contribution is 0.259. The summed E-state index contributed by atoms with van der Waals surface area (Å²) in [5, 5.41) is 0. The zero-order valence-electron chi connectivity index (χ0n) is 12.6. The Morgan fingerprint density at radius 3 is 3.09 bits per heavy atom. The lowest BCUT2D eigenvalue weighted by Gasteiger charge is -2.12. The van der Waals surface area contributed by atoms with Gasteiger partial charge in [0, 0.05) is 35.5 Å². The Bertz CT molecular complexity index is 691. The highest BCUT2D eigenvalue weighted by Crippen LogP contribution is 2.27. The van der Waals surface area contributed by atoms with E-state index in [1.54, 1.807) is 0 Å². The molecule has 0 radical (unpaired) electrons. The van der Waals surface area contributed by atoms with Crippen LogP contribution in [0.25, 0.3) is 0 Å². The van der Waals surface area contributed by atoms with Crippen LogP contribution in [0.2, 0.25) is 0 Å². The van der Waals surface area contributed by atoms with E-state index in [2.05, 4.69) is 16.9 Å². The molecule has 4 nitrogen and oxygen atoms in total. The monoisotopic (exact) mass is 313 g/mol. The summed E-state index contributed by atoms with van der Waals surface area (Å²) in [5.74, 6) is 1.40. The summed E-state index contributed by atoms with van der Waals surface area (Å²) < 4.78 is 5.75. The third kappa shape index (κ3) is 3.26. The fourth-order valence-corrected chi connectivity index (χ4v) is 2.82. The van der Waals surface area contributed by atoms with Gasteiger partial charge in [-0.25, -0.2) is 4.99 Å². The van der Waals surface area contributed by atoms with Crippen molar-refractivity contribution in [2.45, 2.75) is 13.0 Å². The molecule has 114 valence electrons. The Morgan fingerprint density at radius 2 is 2.27 bits per heavy atom. The van der Waals surface area contributed by atoms with Crippen LogP contribution in [-0.4, -0.2) is 35.8 Å². The van der Waals surface area contributed by atoms with Gasteiger partial charge in [0.25, 0.3) is 0 Å². The van der Waals surface area contributed by atoms with Crippen molar-refractivity contribution in [3.63, 3.8) is 0 Å². The Morgan fingerprint density at radius 1 is 1.41 bits per heavy atom. The van der Waals surface area contributed by atoms with Crippen LogP contribution in [0.3, 0.4) is 0 Å². The summed E-state index contributed by atoms with van der Waals surface area (Å²) in [6.07, 6.45) is 6.66. The lowest BCUT2D eigenvalue weighted by Crippen LogP contribution is -2.21. The van der Waals surface area contributed by atoms with E-state index in [0.29, 0.717) is 12.4 Å². The van der Waals surface area contributed by atoms with Crippen LogP contribution in [0, 0.1) is 0 Å². The first-order valence-electron chi connectivity index (χ1n) is 7.32. The van der Waals surface area contributed by atoms with E-state index in [1.165, 1.54) is 0 Å². The maximum atomic E-state index is 6.12. The van der Waals surface area contributed by atoms with Gasteiger partial charge in [0.15, 0.2) is 0 Å². The summed E-state index contributed by atoms with van der Waals surface area (Å²) in [7, 11) is 2.08. The molecule has 5 heteroatoms. The fraction of sp³-hybridized carbons (Fsp3) is 0.294. The molecule has 0 spiro atoms. The number of nitrogens with two attached hydrogens (primary N) is 1. The molecule has 2 N–H and O–H groups in total. The molecule has 0 amide bonds. The normalized spacial score (nSPS) is 19.2. The van der Waals surface area contributed by atoms with Crippen LogP contribution in [0.1, 0.15) is 12.0 Å². The van der Waals surface area contributed by atoms with Crippen molar-refractivity contribution in [2.75, 3.05) is 20.2 Å². The molecule has 0 aromatic heterocycles. The van der Waals surface area contributed by atoms with E-state index < -0.39 is 0 Å². The van der Waals surface area contributed by atoms with Crippen molar-refractivity contribution in [2.24, 2.45) is 10.7 Å². The van der Waals surface area contributed by atoms with Crippen molar-refractivity contribution in [3.8, 4) is 5.75 Å². The van der Waals surface area contributed by atoms with Gasteiger partial charge in [0.2, 0.25) is 0 Å². The number of thiocarbonyl (C=S) groups is 1. The van der Waals surface area contributed by atoms with Crippen molar-refractivity contribution in [3.05, 3.63) is 47.6 Å². The van der Waals surface area contributed by atoms with Crippen LogP contribution >= 0.6 is 12.2 Å². The van der Waals surface area contributed by atoms with Gasteiger partial charge >= 0.3 is 0 Å². The minimum absolute atomic E-state index is 0.470. The Kier molecular flexibility index (Phi) is 4.36. The number of hydrogen-bond donors (Lipinski definition) is 1. The summed E-state index contributed by atoms with van der Waals surface area (Å²) in [6, 6.07) is 5.93. The molecule has 22 heavy (non-hydrogen) atoms. The number of nitrogens with zero attached hydrogens (tertiary/aromatic N) is 2. The van der Waals surface area contributed by atoms with E-state index >= 15 is 0 Å². The molecule has 1 aliphatic heterocycles. The Balaban J connectivity index is 1.89. The van der Waals surface area contributed by atoms with Crippen molar-refractivity contribution >= 4 is 28.6 Å². The van der Waals surface area contributed by atoms with Gasteiger partial charge in [-0.2, -0.15) is 0 Å². The molecular formula is C17H19N3OS. The maximum Gasteiger partial charge on any atom is 0.132 e. The molecule has 1 aliphatic carbocycles. The van der Waals surface area contributed by atoms with E-state index in [9.17, 15) is 0 Å². The number of ether oxygens (including phenoxy) is 1. The van der Waals surface area contributed by atoms with Crippen molar-refractivity contribution in [1.82, 2.24) is 4.90 Å². The Hall–Kier alpha value is -1.98. The van der Waals surface area contributed by atoms with E-state index in [0.717, 1.165) is 46.9 Å². The third-order valence-electron chi connectivity index (χ3n) is 3.74. The molecular weight excluding hydrogens is 294 g/mol. The highest BCUT2D eigenvalue weighted by Gasteiger charge is 2.14. The number of fused-ring (bicyclic) bond motifs is 1. The molecule has 2 aliphatic rings. The summed E-state index contributed by atoms with van der Waals surface area (Å²) in [6.45, 7) is 2.48. The number of amidine groups is 1. The molecule has 3 rings (SSSR count). The standard InChI is InChI=1S/C17H19N3OS/c1-20-8-9-21-15-7-6-13(10-12(15)11-20)19-17(18)14-4-2-3-5-16(14)22/h2-4,6-7,10H,5,8-9,11H2,1H3,(H2,18,19). The zero-order valence-corrected chi connectivity index (χ0v) is 13.4. The second-order valence-corrected chi connectivity index (χ2v) is 6.00. The van der Waals surface area contributed by atoms with Crippen LogP contribution in [0.5, 0.6) is 5.75 Å². The van der Waals surface area contributed by atoms with Gasteiger partial charge in [-0.1, -0.05) is 30.4 Å². The third-order valence-corrected chi connectivity index (χ3v) is 4.13. The van der Waals surface area contributed by atoms with Crippen LogP contribution < -0.4 is 10.5 Å². The van der Waals surface area contributed by atoms with Gasteiger partial charge < -0.3 is 10.5 Å². The minimum atomic E-state index is 0.470. The Labute approximate surface area is 136 Å². The average molecular weight is 313 g/mol. The number of likely N-dealkylation sites (N-methyl/N-ethyl adjacent to an activating group) is 1. The first-order valence-corrected chi connectivity index (χ1v) is 7.73. The summed E-state index contributed by atoms with van der Waals surface area (Å²) in [4.78, 5) is 7.59. The van der Waals surface area contributed by atoms with Gasteiger partial charge in [0.1, 0.15) is 18.2 Å². The molecule has 0 saturated carbocycles. The van der Waals surface area contributed by atoms with E-state index in [-0.39, 0.29) is 0 Å². The SMILES string of the molecule is CN1CCOc2ccc(N=C(N)C3=CC=CCC3=S)cc2C1. The van der Waals surface area contributed by atoms with Gasteiger partial charge in [-0.15, -0.1) is 0 Å². The minimum Gasteiger partial charge on any atom is -0.492 e. The molecule has 1 aromatic rings. The lowest BCUT2D eigenvalue weighted by atomic mass is 10.0.